The van der Waals surface area contributed by atoms with E-state index in [0.717, 1.165) is 22.4 Å². The van der Waals surface area contributed by atoms with E-state index in [-0.39, 0.29) is 36.6 Å². The van der Waals surface area contributed by atoms with Crippen molar-refractivity contribution < 1.29 is 14.4 Å². The Hall–Kier alpha value is -3.15. The van der Waals surface area contributed by atoms with Crippen molar-refractivity contribution >= 4 is 23.4 Å². The number of hydrogen-bond acceptors (Lipinski definition) is 3. The van der Waals surface area contributed by atoms with Crippen LogP contribution in [0.4, 0.5) is 5.69 Å². The van der Waals surface area contributed by atoms with Crippen LogP contribution in [0.25, 0.3) is 0 Å². The van der Waals surface area contributed by atoms with E-state index in [9.17, 15) is 14.4 Å². The molecule has 29 heavy (non-hydrogen) atoms. The number of anilines is 1. The summed E-state index contributed by atoms with van der Waals surface area (Å²) in [4.78, 5) is 37.1. The molecule has 0 aliphatic rings. The van der Waals surface area contributed by atoms with Gasteiger partial charge in [-0.1, -0.05) is 62.4 Å². The van der Waals surface area contributed by atoms with Crippen molar-refractivity contribution in [1.29, 1.82) is 0 Å². The van der Waals surface area contributed by atoms with E-state index in [1.54, 1.807) is 0 Å². The van der Waals surface area contributed by atoms with Gasteiger partial charge in [-0.25, -0.2) is 0 Å². The van der Waals surface area contributed by atoms with Crippen molar-refractivity contribution in [3.63, 3.8) is 0 Å². The first-order chi connectivity index (χ1) is 13.8. The van der Waals surface area contributed by atoms with Gasteiger partial charge in [-0.05, 0) is 36.5 Å². The molecule has 0 aromatic heterocycles. The first kappa shape index (κ1) is 22.1. The lowest BCUT2D eigenvalue weighted by molar-refractivity contribution is -0.130. The average molecular weight is 396 g/mol. The Bertz CT molecular complexity index is 843. The Labute approximate surface area is 172 Å². The summed E-state index contributed by atoms with van der Waals surface area (Å²) in [6.07, 6.45) is 0.199. The summed E-state index contributed by atoms with van der Waals surface area (Å²) >= 11 is 0. The van der Waals surface area contributed by atoms with Gasteiger partial charge in [0.2, 0.25) is 17.7 Å². The van der Waals surface area contributed by atoms with E-state index >= 15 is 0 Å². The van der Waals surface area contributed by atoms with Crippen LogP contribution in [-0.4, -0.2) is 30.3 Å². The highest BCUT2D eigenvalue weighted by molar-refractivity contribution is 5.97. The van der Waals surface area contributed by atoms with Crippen LogP contribution in [0.1, 0.15) is 30.5 Å². The van der Waals surface area contributed by atoms with Crippen LogP contribution in [0.5, 0.6) is 0 Å². The summed E-state index contributed by atoms with van der Waals surface area (Å²) in [5.74, 6) is -1.03. The van der Waals surface area contributed by atoms with Crippen LogP contribution in [-0.2, 0) is 20.8 Å². The number of rotatable bonds is 8. The van der Waals surface area contributed by atoms with E-state index in [2.05, 4.69) is 16.0 Å². The van der Waals surface area contributed by atoms with Crippen LogP contribution in [0, 0.1) is 19.8 Å². The number of hydrogen-bond donors (Lipinski definition) is 3. The predicted octanol–water partition coefficient (Wildman–Crippen LogP) is 2.74. The topological polar surface area (TPSA) is 87.3 Å². The normalized spacial score (nSPS) is 11.6. The highest BCUT2D eigenvalue weighted by Gasteiger charge is 2.24. The third kappa shape index (κ3) is 6.75. The van der Waals surface area contributed by atoms with Crippen LogP contribution in [0.3, 0.4) is 0 Å². The Morgan fingerprint density at radius 1 is 0.862 bits per heavy atom. The minimum absolute atomic E-state index is 0.114. The number of benzene rings is 2. The number of carbonyl (C=O) groups is 3. The fraction of sp³-hybridized carbons (Fsp3) is 0.348. The molecule has 6 heteroatoms. The molecular weight excluding hydrogens is 366 g/mol. The molecule has 6 nitrogen and oxygen atoms in total. The molecule has 2 aromatic rings. The standard InChI is InChI=1S/C23H29N3O3/c1-15(2)21(25-19(27)13-18-11-6-5-7-12-18)23(29)24-14-20(28)26-22-16(3)9-8-10-17(22)4/h5-12,15,21H,13-14H2,1-4H3,(H,24,29)(H,25,27)(H,26,28). The molecule has 0 saturated heterocycles. The lowest BCUT2D eigenvalue weighted by atomic mass is 10.0. The van der Waals surface area contributed by atoms with Crippen molar-refractivity contribution in [3.8, 4) is 0 Å². The van der Waals surface area contributed by atoms with Crippen LogP contribution < -0.4 is 16.0 Å². The summed E-state index contributed by atoms with van der Waals surface area (Å²) in [7, 11) is 0. The van der Waals surface area contributed by atoms with Gasteiger partial charge in [0.1, 0.15) is 6.04 Å². The molecule has 0 spiro atoms. The maximum Gasteiger partial charge on any atom is 0.243 e. The Morgan fingerprint density at radius 2 is 1.48 bits per heavy atom. The van der Waals surface area contributed by atoms with Gasteiger partial charge >= 0.3 is 0 Å². The Balaban J connectivity index is 1.90. The van der Waals surface area contributed by atoms with Crippen LogP contribution in [0.15, 0.2) is 48.5 Å². The van der Waals surface area contributed by atoms with Crippen molar-refractivity contribution in [2.45, 2.75) is 40.2 Å². The Kier molecular flexibility index (Phi) is 7.95. The second kappa shape index (κ2) is 10.4. The summed E-state index contributed by atoms with van der Waals surface area (Å²) < 4.78 is 0. The van der Waals surface area contributed by atoms with Gasteiger partial charge in [0.15, 0.2) is 0 Å². The predicted molar refractivity (Wildman–Crippen MR) is 114 cm³/mol. The molecular formula is C23H29N3O3. The van der Waals surface area contributed by atoms with Gasteiger partial charge in [0, 0.05) is 5.69 Å². The molecule has 154 valence electrons. The van der Waals surface area contributed by atoms with Gasteiger partial charge in [0.05, 0.1) is 13.0 Å². The zero-order valence-electron chi connectivity index (χ0n) is 17.4. The summed E-state index contributed by atoms with van der Waals surface area (Å²) in [5.41, 5.74) is 3.54. The van der Waals surface area contributed by atoms with E-state index in [4.69, 9.17) is 0 Å². The minimum Gasteiger partial charge on any atom is -0.345 e. The lowest BCUT2D eigenvalue weighted by Gasteiger charge is -2.22. The second-order valence-electron chi connectivity index (χ2n) is 7.48. The molecule has 1 unspecified atom stereocenters. The summed E-state index contributed by atoms with van der Waals surface area (Å²) in [6.45, 7) is 7.37. The van der Waals surface area contributed by atoms with Gasteiger partial charge in [-0.2, -0.15) is 0 Å². The average Bonchev–Trinajstić information content (AvgIpc) is 2.68. The zero-order chi connectivity index (χ0) is 21.4. The third-order valence-corrected chi connectivity index (χ3v) is 4.64. The first-order valence-corrected chi connectivity index (χ1v) is 9.75. The molecule has 0 bridgehead atoms. The molecule has 0 heterocycles. The molecule has 0 saturated carbocycles. The van der Waals surface area contributed by atoms with Gasteiger partial charge < -0.3 is 16.0 Å². The molecule has 0 aliphatic heterocycles. The van der Waals surface area contributed by atoms with Crippen molar-refractivity contribution in [2.75, 3.05) is 11.9 Å². The van der Waals surface area contributed by atoms with Crippen LogP contribution in [0.2, 0.25) is 0 Å². The van der Waals surface area contributed by atoms with Crippen molar-refractivity contribution in [1.82, 2.24) is 10.6 Å². The quantitative estimate of drug-likeness (QED) is 0.642. The fourth-order valence-corrected chi connectivity index (χ4v) is 3.01. The lowest BCUT2D eigenvalue weighted by Crippen LogP contribution is -2.51. The van der Waals surface area contributed by atoms with Gasteiger partial charge in [0.25, 0.3) is 0 Å². The molecule has 3 amide bonds. The van der Waals surface area contributed by atoms with E-state index in [1.807, 2.05) is 76.2 Å². The van der Waals surface area contributed by atoms with E-state index in [0.29, 0.717) is 0 Å². The third-order valence-electron chi connectivity index (χ3n) is 4.64. The number of para-hydroxylation sites is 1. The smallest absolute Gasteiger partial charge is 0.243 e. The maximum atomic E-state index is 12.6. The Morgan fingerprint density at radius 3 is 2.07 bits per heavy atom. The minimum atomic E-state index is -0.709. The molecule has 0 aliphatic carbocycles. The largest absolute Gasteiger partial charge is 0.345 e. The summed E-state index contributed by atoms with van der Waals surface area (Å²) in [5, 5.41) is 8.23. The number of amides is 3. The highest BCUT2D eigenvalue weighted by atomic mass is 16.2. The zero-order valence-corrected chi connectivity index (χ0v) is 17.4. The summed E-state index contributed by atoms with van der Waals surface area (Å²) in [6, 6.07) is 14.4. The van der Waals surface area contributed by atoms with E-state index < -0.39 is 6.04 Å². The molecule has 1 atom stereocenters. The second-order valence-corrected chi connectivity index (χ2v) is 7.48. The van der Waals surface area contributed by atoms with Gasteiger partial charge in [-0.15, -0.1) is 0 Å². The molecule has 0 radical (unpaired) electrons. The molecule has 2 aromatic carbocycles. The first-order valence-electron chi connectivity index (χ1n) is 9.75. The molecule has 2 rings (SSSR count). The van der Waals surface area contributed by atoms with Crippen molar-refractivity contribution in [2.24, 2.45) is 5.92 Å². The maximum absolute atomic E-state index is 12.6. The number of carbonyl (C=O) groups excluding carboxylic acids is 3. The molecule has 3 N–H and O–H groups in total. The van der Waals surface area contributed by atoms with Crippen LogP contribution >= 0.6 is 0 Å². The fourth-order valence-electron chi connectivity index (χ4n) is 3.01. The number of nitrogens with one attached hydrogen (secondary N) is 3. The molecule has 0 fully saturated rings. The number of aryl methyl sites for hydroxylation is 2. The monoisotopic (exact) mass is 395 g/mol. The highest BCUT2D eigenvalue weighted by Crippen LogP contribution is 2.19. The SMILES string of the molecule is Cc1cccc(C)c1NC(=O)CNC(=O)C(NC(=O)Cc1ccccc1)C(C)C. The van der Waals surface area contributed by atoms with Gasteiger partial charge in [-0.3, -0.25) is 14.4 Å². The van der Waals surface area contributed by atoms with Crippen molar-refractivity contribution in [3.05, 3.63) is 65.2 Å². The van der Waals surface area contributed by atoms with E-state index in [1.165, 1.54) is 0 Å².